The molecule has 106 valence electrons. The minimum absolute atomic E-state index is 0.210. The molecule has 0 radical (unpaired) electrons. The minimum Gasteiger partial charge on any atom is -0.481 e. The maximum absolute atomic E-state index is 12.1. The Bertz CT molecular complexity index is 880. The highest BCUT2D eigenvalue weighted by molar-refractivity contribution is 5.70. The van der Waals surface area contributed by atoms with Gasteiger partial charge in [0.1, 0.15) is 5.65 Å². The van der Waals surface area contributed by atoms with E-state index >= 15 is 0 Å². The Morgan fingerprint density at radius 2 is 2.00 bits per heavy atom. The topological polar surface area (TPSA) is 89.5 Å². The highest BCUT2D eigenvalue weighted by Crippen LogP contribution is 2.18. The summed E-state index contributed by atoms with van der Waals surface area (Å²) in [4.78, 5) is 26.8. The standard InChI is InChI=1S/C14H12N4O3/c1-17-10(7-14(20)21)6-13(19)18-12(17)8-11(16-18)9-2-4-15-5-3-9/h2-6,8H,7H2,1H3,(H,20,21). The number of carbonyl (C=O) groups is 1. The lowest BCUT2D eigenvalue weighted by Crippen LogP contribution is -2.21. The van der Waals surface area contributed by atoms with E-state index in [0.29, 0.717) is 17.0 Å². The average molecular weight is 284 g/mol. The van der Waals surface area contributed by atoms with E-state index in [1.165, 1.54) is 10.6 Å². The van der Waals surface area contributed by atoms with E-state index in [-0.39, 0.29) is 12.0 Å². The Hall–Kier alpha value is -2.96. The summed E-state index contributed by atoms with van der Waals surface area (Å²) in [5.74, 6) is -0.983. The molecule has 0 atom stereocenters. The second-order valence-corrected chi connectivity index (χ2v) is 4.64. The molecule has 0 saturated carbocycles. The van der Waals surface area contributed by atoms with Crippen molar-refractivity contribution >= 4 is 11.6 Å². The molecule has 0 spiro atoms. The monoisotopic (exact) mass is 284 g/mol. The van der Waals surface area contributed by atoms with Gasteiger partial charge in [-0.1, -0.05) is 0 Å². The fourth-order valence-corrected chi connectivity index (χ4v) is 2.21. The predicted octanol–water partition coefficient (Wildman–Crippen LogP) is 0.722. The highest BCUT2D eigenvalue weighted by Gasteiger charge is 2.13. The summed E-state index contributed by atoms with van der Waals surface area (Å²) in [5.41, 5.74) is 2.11. The molecule has 0 bridgehead atoms. The number of hydrogen-bond acceptors (Lipinski definition) is 4. The molecular weight excluding hydrogens is 272 g/mol. The number of pyridine rings is 1. The van der Waals surface area contributed by atoms with Crippen LogP contribution in [-0.4, -0.2) is 30.2 Å². The van der Waals surface area contributed by atoms with Gasteiger partial charge < -0.3 is 9.67 Å². The molecule has 3 aromatic heterocycles. The smallest absolute Gasteiger partial charge is 0.309 e. The molecule has 7 heteroatoms. The molecule has 0 aliphatic carbocycles. The van der Waals surface area contributed by atoms with Crippen LogP contribution in [0.2, 0.25) is 0 Å². The van der Waals surface area contributed by atoms with E-state index in [2.05, 4.69) is 10.1 Å². The van der Waals surface area contributed by atoms with Crippen LogP contribution in [-0.2, 0) is 18.3 Å². The fourth-order valence-electron chi connectivity index (χ4n) is 2.21. The van der Waals surface area contributed by atoms with Gasteiger partial charge in [-0.2, -0.15) is 9.61 Å². The first kappa shape index (κ1) is 13.0. The summed E-state index contributed by atoms with van der Waals surface area (Å²) in [6.45, 7) is 0. The summed E-state index contributed by atoms with van der Waals surface area (Å²) in [6.07, 6.45) is 3.08. The number of aliphatic carboxylic acids is 1. The summed E-state index contributed by atoms with van der Waals surface area (Å²) in [5, 5.41) is 13.2. The van der Waals surface area contributed by atoms with Crippen molar-refractivity contribution in [1.29, 1.82) is 0 Å². The van der Waals surface area contributed by atoms with E-state index in [0.717, 1.165) is 5.56 Å². The number of nitrogens with zero attached hydrogens (tertiary/aromatic N) is 4. The molecule has 3 aromatic rings. The molecule has 1 N–H and O–H groups in total. The fraction of sp³-hybridized carbons (Fsp3) is 0.143. The molecule has 7 nitrogen and oxygen atoms in total. The number of aromatic nitrogens is 4. The molecule has 0 amide bonds. The van der Waals surface area contributed by atoms with Crippen LogP contribution in [0.5, 0.6) is 0 Å². The van der Waals surface area contributed by atoms with Crippen LogP contribution in [0, 0.1) is 0 Å². The Morgan fingerprint density at radius 1 is 1.29 bits per heavy atom. The van der Waals surface area contributed by atoms with Gasteiger partial charge in [0.15, 0.2) is 0 Å². The molecule has 0 aromatic carbocycles. The molecule has 3 rings (SSSR count). The Morgan fingerprint density at radius 3 is 2.67 bits per heavy atom. The van der Waals surface area contributed by atoms with Crippen molar-refractivity contribution in [2.24, 2.45) is 7.05 Å². The number of carboxylic acids is 1. The van der Waals surface area contributed by atoms with E-state index in [1.54, 1.807) is 42.2 Å². The third-order valence-corrected chi connectivity index (χ3v) is 3.27. The quantitative estimate of drug-likeness (QED) is 0.765. The van der Waals surface area contributed by atoms with E-state index < -0.39 is 5.97 Å². The lowest BCUT2D eigenvalue weighted by Gasteiger charge is -2.07. The lowest BCUT2D eigenvalue weighted by atomic mass is 10.2. The van der Waals surface area contributed by atoms with Gasteiger partial charge in [0.05, 0.1) is 12.1 Å². The van der Waals surface area contributed by atoms with Crippen molar-refractivity contribution in [3.8, 4) is 11.3 Å². The van der Waals surface area contributed by atoms with Gasteiger partial charge in [0.25, 0.3) is 5.56 Å². The van der Waals surface area contributed by atoms with Crippen LogP contribution >= 0.6 is 0 Å². The van der Waals surface area contributed by atoms with Gasteiger partial charge in [-0.05, 0) is 12.1 Å². The molecule has 3 heterocycles. The largest absolute Gasteiger partial charge is 0.481 e. The zero-order chi connectivity index (χ0) is 15.0. The summed E-state index contributed by atoms with van der Waals surface area (Å²) >= 11 is 0. The van der Waals surface area contributed by atoms with E-state index in [1.807, 2.05) is 0 Å². The molecule has 0 fully saturated rings. The molecule has 21 heavy (non-hydrogen) atoms. The van der Waals surface area contributed by atoms with Crippen LogP contribution in [0.1, 0.15) is 5.69 Å². The number of carboxylic acid groups (broad SMARTS) is 1. The first-order valence-corrected chi connectivity index (χ1v) is 6.27. The van der Waals surface area contributed by atoms with Crippen LogP contribution in [0.15, 0.2) is 41.5 Å². The second kappa shape index (κ2) is 4.86. The zero-order valence-corrected chi connectivity index (χ0v) is 11.2. The van der Waals surface area contributed by atoms with Crippen LogP contribution in [0.25, 0.3) is 16.9 Å². The maximum Gasteiger partial charge on any atom is 0.309 e. The van der Waals surface area contributed by atoms with Gasteiger partial charge in [0.2, 0.25) is 0 Å². The van der Waals surface area contributed by atoms with Crippen molar-refractivity contribution in [1.82, 2.24) is 19.2 Å². The van der Waals surface area contributed by atoms with Gasteiger partial charge in [-0.3, -0.25) is 14.6 Å². The van der Waals surface area contributed by atoms with Crippen LogP contribution < -0.4 is 5.56 Å². The van der Waals surface area contributed by atoms with E-state index in [9.17, 15) is 9.59 Å². The third kappa shape index (κ3) is 2.29. The first-order valence-electron chi connectivity index (χ1n) is 6.27. The van der Waals surface area contributed by atoms with Crippen molar-refractivity contribution in [2.45, 2.75) is 6.42 Å². The third-order valence-electron chi connectivity index (χ3n) is 3.27. The molecule has 0 unspecified atom stereocenters. The second-order valence-electron chi connectivity index (χ2n) is 4.64. The predicted molar refractivity (Wildman–Crippen MR) is 75.0 cm³/mol. The lowest BCUT2D eigenvalue weighted by molar-refractivity contribution is -0.136. The number of fused-ring (bicyclic) bond motifs is 1. The molecule has 0 aliphatic heterocycles. The molecular formula is C14H12N4O3. The normalized spacial score (nSPS) is 10.9. The summed E-state index contributed by atoms with van der Waals surface area (Å²) in [6, 6.07) is 6.64. The van der Waals surface area contributed by atoms with Crippen molar-refractivity contribution < 1.29 is 9.90 Å². The number of hydrogen-bond donors (Lipinski definition) is 1. The molecule has 0 aliphatic rings. The summed E-state index contributed by atoms with van der Waals surface area (Å²) < 4.78 is 2.92. The van der Waals surface area contributed by atoms with Gasteiger partial charge >= 0.3 is 5.97 Å². The van der Waals surface area contributed by atoms with Crippen molar-refractivity contribution in [2.75, 3.05) is 0 Å². The minimum atomic E-state index is -0.983. The Balaban J connectivity index is 2.22. The zero-order valence-electron chi connectivity index (χ0n) is 11.2. The highest BCUT2D eigenvalue weighted by atomic mass is 16.4. The SMILES string of the molecule is Cn1c(CC(=O)O)cc(=O)n2nc(-c3ccncc3)cc12. The number of aryl methyl sites for hydroxylation is 1. The summed E-state index contributed by atoms with van der Waals surface area (Å²) in [7, 11) is 1.71. The van der Waals surface area contributed by atoms with Gasteiger partial charge in [0, 0.05) is 42.8 Å². The van der Waals surface area contributed by atoms with Crippen molar-refractivity contribution in [3.05, 3.63) is 52.7 Å². The van der Waals surface area contributed by atoms with Gasteiger partial charge in [-0.25, -0.2) is 0 Å². The van der Waals surface area contributed by atoms with Gasteiger partial charge in [-0.15, -0.1) is 0 Å². The van der Waals surface area contributed by atoms with Crippen molar-refractivity contribution in [3.63, 3.8) is 0 Å². The van der Waals surface area contributed by atoms with E-state index in [4.69, 9.17) is 5.11 Å². The Kier molecular flexibility index (Phi) is 3.02. The molecule has 0 saturated heterocycles. The average Bonchev–Trinajstić information content (AvgIpc) is 2.91. The van der Waals surface area contributed by atoms with Crippen LogP contribution in [0.4, 0.5) is 0 Å². The van der Waals surface area contributed by atoms with Crippen LogP contribution in [0.3, 0.4) is 0 Å². The number of rotatable bonds is 3. The first-order chi connectivity index (χ1) is 10.1. The Labute approximate surface area is 119 Å². The maximum atomic E-state index is 12.1.